The van der Waals surface area contributed by atoms with E-state index in [2.05, 4.69) is 165 Å². The highest BCUT2D eigenvalue weighted by molar-refractivity contribution is 6.99. The van der Waals surface area contributed by atoms with Gasteiger partial charge in [-0.25, -0.2) is 4.79 Å². The number of rotatable bonds is 21. The van der Waals surface area contributed by atoms with Gasteiger partial charge in [-0.1, -0.05) is 246 Å². The first-order valence-electron chi connectivity index (χ1n) is 27.7. The third kappa shape index (κ3) is 12.1. The lowest BCUT2D eigenvalue weighted by Crippen LogP contribution is -2.66. The number of unbranched alkanes of at least 4 members (excludes halogenated alkanes) is 1. The molecule has 0 spiro atoms. The summed E-state index contributed by atoms with van der Waals surface area (Å²) in [6, 6.07) is 72.6. The average molecular weight is 1070 g/mol. The van der Waals surface area contributed by atoms with Crippen LogP contribution in [0.25, 0.3) is 11.1 Å². The summed E-state index contributed by atoms with van der Waals surface area (Å²) < 4.78 is 13.5. The van der Waals surface area contributed by atoms with E-state index >= 15 is 0 Å². The van der Waals surface area contributed by atoms with Gasteiger partial charge in [0.1, 0.15) is 12.1 Å². The molecule has 0 aliphatic heterocycles. The number of carbonyl (C=O) groups is 3. The first-order valence-corrected chi connectivity index (χ1v) is 29.6. The van der Waals surface area contributed by atoms with E-state index in [1.807, 2.05) is 111 Å². The Morgan fingerprint density at radius 2 is 1.06 bits per heavy atom. The minimum absolute atomic E-state index is 0.189. The number of nitrogens with one attached hydrogen (secondary N) is 3. The predicted octanol–water partition coefficient (Wildman–Crippen LogP) is 13.1. The molecule has 404 valence electrons. The van der Waals surface area contributed by atoms with Gasteiger partial charge in [0.25, 0.3) is 8.32 Å². The first-order chi connectivity index (χ1) is 38.2. The number of amides is 3. The number of hydrogen-bond donors (Lipinski definition) is 3. The molecule has 10 heteroatoms. The zero-order valence-electron chi connectivity index (χ0n) is 46.6. The SMILES string of the molecule is Cc1ccc(C(NCCCCC(NC(=O)C(C(C)C)N(C)C(=O)OC2c3ccccc3-c3ccccc32)C(=O)Nc2ccc(CO[Si](c3ccccc3)(c3ccccc3)C(C)(C)C)cc2)(c2ccccc2)c2ccccc2)cc1. The lowest BCUT2D eigenvalue weighted by molar-refractivity contribution is -0.131. The standard InChI is InChI=1S/C69H74N4O5Si/c1-49(2)63(73(7)67(76)78-64-60-36-22-20-34-58(60)59-35-21-23-37-61(59)64)66(75)72-62(38-24-25-47-70-69(52-26-12-8-13-27-52,53-28-14-9-15-29-53)54-43-39-50(3)40-44-54)65(74)71-55-45-41-51(42-46-55)48-77-79(68(4,5)6,56-30-16-10-17-31-56)57-32-18-11-19-33-57/h8-23,26-37,39-46,49,62-64,70H,24-25,38,47-48H2,1-7H3,(H,71,74)(H,72,75). The van der Waals surface area contributed by atoms with Crippen molar-refractivity contribution in [3.8, 4) is 11.1 Å². The highest BCUT2D eigenvalue weighted by Crippen LogP contribution is 2.45. The van der Waals surface area contributed by atoms with Gasteiger partial charge in [-0.05, 0) is 99.6 Å². The topological polar surface area (TPSA) is 109 Å². The molecule has 0 saturated heterocycles. The van der Waals surface area contributed by atoms with Gasteiger partial charge in [-0.3, -0.25) is 19.8 Å². The largest absolute Gasteiger partial charge is 0.436 e. The molecule has 0 heterocycles. The zero-order chi connectivity index (χ0) is 55.6. The third-order valence-electron chi connectivity index (χ3n) is 15.5. The van der Waals surface area contributed by atoms with Crippen LogP contribution in [0, 0.1) is 12.8 Å². The second kappa shape index (κ2) is 24.8. The van der Waals surface area contributed by atoms with Crippen molar-refractivity contribution in [1.82, 2.24) is 15.5 Å². The number of hydrogen-bond acceptors (Lipinski definition) is 6. The van der Waals surface area contributed by atoms with Gasteiger partial charge in [-0.15, -0.1) is 0 Å². The summed E-state index contributed by atoms with van der Waals surface area (Å²) in [6.07, 6.45) is 0.365. The van der Waals surface area contributed by atoms with Crippen LogP contribution in [0.3, 0.4) is 0 Å². The van der Waals surface area contributed by atoms with E-state index in [0.29, 0.717) is 38.1 Å². The number of aryl methyl sites for hydroxylation is 1. The smallest absolute Gasteiger partial charge is 0.411 e. The van der Waals surface area contributed by atoms with Crippen molar-refractivity contribution in [1.29, 1.82) is 0 Å². The molecule has 8 aromatic rings. The van der Waals surface area contributed by atoms with Crippen molar-refractivity contribution < 1.29 is 23.5 Å². The monoisotopic (exact) mass is 1070 g/mol. The number of carbonyl (C=O) groups excluding carboxylic acids is 3. The summed E-state index contributed by atoms with van der Waals surface area (Å²) in [5.74, 6) is -1.12. The summed E-state index contributed by atoms with van der Waals surface area (Å²) in [4.78, 5) is 45.1. The molecule has 0 bridgehead atoms. The number of anilines is 1. The Labute approximate surface area is 468 Å². The van der Waals surface area contributed by atoms with Gasteiger partial charge in [0.05, 0.1) is 12.1 Å². The Kier molecular flexibility index (Phi) is 17.6. The molecule has 9 rings (SSSR count). The van der Waals surface area contributed by atoms with Gasteiger partial charge in [-0.2, -0.15) is 0 Å². The van der Waals surface area contributed by atoms with E-state index < -0.39 is 44.0 Å². The number of likely N-dealkylation sites (N-methyl/N-ethyl adjacent to an activating group) is 1. The molecule has 0 saturated carbocycles. The van der Waals surface area contributed by atoms with Crippen LogP contribution in [0.15, 0.2) is 218 Å². The first kappa shape index (κ1) is 55.8. The minimum Gasteiger partial charge on any atom is -0.436 e. The van der Waals surface area contributed by atoms with Crippen molar-refractivity contribution in [2.45, 2.75) is 96.2 Å². The molecule has 3 amide bonds. The molecule has 1 aliphatic rings. The van der Waals surface area contributed by atoms with Crippen molar-refractivity contribution >= 4 is 42.3 Å². The maximum absolute atomic E-state index is 14.8. The second-order valence-corrected chi connectivity index (χ2v) is 26.5. The third-order valence-corrected chi connectivity index (χ3v) is 20.5. The van der Waals surface area contributed by atoms with Crippen molar-refractivity contribution in [2.75, 3.05) is 18.9 Å². The van der Waals surface area contributed by atoms with Crippen molar-refractivity contribution in [2.24, 2.45) is 5.92 Å². The van der Waals surface area contributed by atoms with Gasteiger partial charge in [0.2, 0.25) is 11.8 Å². The molecule has 8 aromatic carbocycles. The molecule has 1 aliphatic carbocycles. The normalized spacial score (nSPS) is 13.2. The number of nitrogens with zero attached hydrogens (tertiary/aromatic N) is 1. The van der Waals surface area contributed by atoms with Crippen LogP contribution in [-0.4, -0.2) is 56.8 Å². The molecule has 0 fully saturated rings. The van der Waals surface area contributed by atoms with Crippen molar-refractivity contribution in [3.05, 3.63) is 257 Å². The molecule has 0 radical (unpaired) electrons. The van der Waals surface area contributed by atoms with Crippen LogP contribution in [0.1, 0.15) is 98.9 Å². The maximum Gasteiger partial charge on any atom is 0.411 e. The Morgan fingerprint density at radius 3 is 1.57 bits per heavy atom. The molecular formula is C69H74N4O5Si. The van der Waals surface area contributed by atoms with E-state index in [0.717, 1.165) is 44.5 Å². The van der Waals surface area contributed by atoms with E-state index in [-0.39, 0.29) is 16.9 Å². The molecule has 2 atom stereocenters. The van der Waals surface area contributed by atoms with Gasteiger partial charge in [0, 0.05) is 23.9 Å². The van der Waals surface area contributed by atoms with E-state index in [1.54, 1.807) is 7.05 Å². The van der Waals surface area contributed by atoms with Gasteiger partial charge in [0.15, 0.2) is 6.10 Å². The fraction of sp³-hybridized carbons (Fsp3) is 0.261. The van der Waals surface area contributed by atoms with Crippen LogP contribution < -0.4 is 26.3 Å². The van der Waals surface area contributed by atoms with Crippen LogP contribution in [-0.2, 0) is 30.9 Å². The summed E-state index contributed by atoms with van der Waals surface area (Å²) in [7, 11) is -1.21. The molecule has 9 nitrogen and oxygen atoms in total. The van der Waals surface area contributed by atoms with Crippen molar-refractivity contribution in [3.63, 3.8) is 0 Å². The molecule has 0 aromatic heterocycles. The fourth-order valence-corrected chi connectivity index (χ4v) is 16.1. The number of ether oxygens (including phenoxy) is 1. The Bertz CT molecular complexity index is 3170. The van der Waals surface area contributed by atoms with Crippen LogP contribution in [0.2, 0.25) is 5.04 Å². The minimum atomic E-state index is -2.80. The van der Waals surface area contributed by atoms with Gasteiger partial charge >= 0.3 is 6.09 Å². The predicted molar refractivity (Wildman–Crippen MR) is 322 cm³/mol. The summed E-state index contributed by atoms with van der Waals surface area (Å²) in [5.41, 5.74) is 9.22. The van der Waals surface area contributed by atoms with Crippen LogP contribution in [0.4, 0.5) is 10.5 Å². The fourth-order valence-electron chi connectivity index (χ4n) is 11.6. The Hall–Kier alpha value is -7.89. The van der Waals surface area contributed by atoms with E-state index in [9.17, 15) is 14.4 Å². The summed E-state index contributed by atoms with van der Waals surface area (Å²) in [5, 5.41) is 12.5. The molecular weight excluding hydrogens is 993 g/mol. The maximum atomic E-state index is 14.8. The lowest BCUT2D eigenvalue weighted by Gasteiger charge is -2.43. The lowest BCUT2D eigenvalue weighted by atomic mass is 9.76. The average Bonchev–Trinajstić information content (AvgIpc) is 3.86. The quantitative estimate of drug-likeness (QED) is 0.0376. The van der Waals surface area contributed by atoms with Gasteiger partial charge < -0.3 is 19.8 Å². The summed E-state index contributed by atoms with van der Waals surface area (Å²) >= 11 is 0. The molecule has 79 heavy (non-hydrogen) atoms. The molecule has 3 N–H and O–H groups in total. The van der Waals surface area contributed by atoms with Crippen LogP contribution >= 0.6 is 0 Å². The Morgan fingerprint density at radius 1 is 0.582 bits per heavy atom. The number of benzene rings is 8. The van der Waals surface area contributed by atoms with E-state index in [1.165, 1.54) is 20.8 Å². The summed E-state index contributed by atoms with van der Waals surface area (Å²) in [6.45, 7) is 13.7. The zero-order valence-corrected chi connectivity index (χ0v) is 47.6. The highest BCUT2D eigenvalue weighted by atomic mass is 28.4. The second-order valence-electron chi connectivity index (χ2n) is 22.2. The van der Waals surface area contributed by atoms with E-state index in [4.69, 9.17) is 9.16 Å². The highest BCUT2D eigenvalue weighted by Gasteiger charge is 2.50. The molecule has 2 unspecified atom stereocenters. The van der Waals surface area contributed by atoms with Crippen LogP contribution in [0.5, 0.6) is 0 Å². The number of fused-ring (bicyclic) bond motifs is 3. The Balaban J connectivity index is 0.943.